The van der Waals surface area contributed by atoms with E-state index in [0.29, 0.717) is 28.6 Å². The quantitative estimate of drug-likeness (QED) is 0.374. The van der Waals surface area contributed by atoms with Crippen LogP contribution in [0.5, 0.6) is 0 Å². The summed E-state index contributed by atoms with van der Waals surface area (Å²) in [6.45, 7) is 0.152. The molecule has 1 fully saturated rings. The maximum atomic E-state index is 12.8. The highest BCUT2D eigenvalue weighted by molar-refractivity contribution is 7.90. The fraction of sp³-hybridized carbons (Fsp3) is 0.273. The van der Waals surface area contributed by atoms with Crippen molar-refractivity contribution in [3.63, 3.8) is 0 Å². The number of rotatable bonds is 9. The monoisotopic (exact) mass is 468 g/mol. The minimum Gasteiger partial charge on any atom is -0.395 e. The lowest BCUT2D eigenvalue weighted by atomic mass is 10.2. The molecule has 0 bridgehead atoms. The molecule has 0 saturated heterocycles. The number of aromatic nitrogens is 3. The molecule has 33 heavy (non-hydrogen) atoms. The van der Waals surface area contributed by atoms with E-state index in [4.69, 9.17) is 5.11 Å². The highest BCUT2D eigenvalue weighted by Gasteiger charge is 2.23. The summed E-state index contributed by atoms with van der Waals surface area (Å²) in [6, 6.07) is 11.4. The van der Waals surface area contributed by atoms with Crippen LogP contribution in [-0.4, -0.2) is 53.7 Å². The number of sulfone groups is 1. The zero-order valence-corrected chi connectivity index (χ0v) is 18.5. The molecule has 0 unspecified atom stereocenters. The molecule has 3 aromatic rings. The lowest BCUT2D eigenvalue weighted by Crippen LogP contribution is -2.30. The second-order valence-electron chi connectivity index (χ2n) is 7.61. The van der Waals surface area contributed by atoms with Gasteiger partial charge in [0.2, 0.25) is 0 Å². The van der Waals surface area contributed by atoms with Crippen molar-refractivity contribution in [1.82, 2.24) is 20.3 Å². The summed E-state index contributed by atoms with van der Waals surface area (Å²) < 4.78 is 25.6. The number of pyridine rings is 1. The normalized spacial score (nSPS) is 13.4. The number of amides is 2. The Kier molecular flexibility index (Phi) is 6.80. The molecule has 1 saturated carbocycles. The summed E-state index contributed by atoms with van der Waals surface area (Å²) in [6.07, 6.45) is 4.85. The number of benzene rings is 1. The van der Waals surface area contributed by atoms with Crippen LogP contribution in [0.3, 0.4) is 0 Å². The maximum absolute atomic E-state index is 12.8. The third kappa shape index (κ3) is 6.24. The highest BCUT2D eigenvalue weighted by atomic mass is 32.2. The molecule has 0 spiro atoms. The number of aliphatic hydroxyl groups is 1. The average molecular weight is 469 g/mol. The van der Waals surface area contributed by atoms with Gasteiger partial charge in [-0.15, -0.1) is 0 Å². The number of urea groups is 1. The van der Waals surface area contributed by atoms with Crippen LogP contribution in [0, 0.1) is 0 Å². The van der Waals surface area contributed by atoms with Crippen molar-refractivity contribution < 1.29 is 18.3 Å². The zero-order chi connectivity index (χ0) is 23.3. The predicted octanol–water partition coefficient (Wildman–Crippen LogP) is 2.20. The van der Waals surface area contributed by atoms with Gasteiger partial charge in [-0.25, -0.2) is 23.2 Å². The Labute approximate surface area is 191 Å². The fourth-order valence-electron chi connectivity index (χ4n) is 3.08. The Hall–Kier alpha value is -3.57. The number of carbonyl (C=O) groups excluding carboxylic acids is 1. The van der Waals surface area contributed by atoms with E-state index >= 15 is 0 Å². The fourth-order valence-corrected chi connectivity index (χ4v) is 4.32. The summed E-state index contributed by atoms with van der Waals surface area (Å²) in [7, 11) is -3.64. The summed E-state index contributed by atoms with van der Waals surface area (Å²) in [5, 5.41) is 17.7. The average Bonchev–Trinajstić information content (AvgIpc) is 3.62. The van der Waals surface area contributed by atoms with Gasteiger partial charge < -0.3 is 21.1 Å². The van der Waals surface area contributed by atoms with E-state index in [1.807, 2.05) is 0 Å². The Morgan fingerprint density at radius 1 is 1.06 bits per heavy atom. The largest absolute Gasteiger partial charge is 0.395 e. The van der Waals surface area contributed by atoms with Crippen molar-refractivity contribution in [1.29, 1.82) is 0 Å². The molecule has 1 aliphatic carbocycles. The van der Waals surface area contributed by atoms with Crippen molar-refractivity contribution in [3.05, 3.63) is 60.6 Å². The molecule has 2 amide bonds. The van der Waals surface area contributed by atoms with Gasteiger partial charge in [-0.05, 0) is 49.2 Å². The topological polar surface area (TPSA) is 146 Å². The Balaban J connectivity index is 1.57. The Morgan fingerprint density at radius 3 is 2.45 bits per heavy atom. The highest BCUT2D eigenvalue weighted by Crippen LogP contribution is 2.23. The molecule has 0 aliphatic heterocycles. The molecular weight excluding hydrogens is 444 g/mol. The molecule has 2 aromatic heterocycles. The molecule has 0 atom stereocenters. The van der Waals surface area contributed by atoms with Gasteiger partial charge in [-0.2, -0.15) is 0 Å². The van der Waals surface area contributed by atoms with Gasteiger partial charge in [0.1, 0.15) is 5.82 Å². The van der Waals surface area contributed by atoms with Crippen LogP contribution < -0.4 is 16.0 Å². The number of hydrogen-bond donors (Lipinski definition) is 4. The number of aliphatic hydroxyl groups excluding tert-OH is 1. The summed E-state index contributed by atoms with van der Waals surface area (Å²) in [4.78, 5) is 24.8. The van der Waals surface area contributed by atoms with Crippen LogP contribution in [0.2, 0.25) is 0 Å². The molecule has 2 heterocycles. The molecule has 172 valence electrons. The van der Waals surface area contributed by atoms with Gasteiger partial charge in [0.25, 0.3) is 0 Å². The third-order valence-electron chi connectivity index (χ3n) is 4.86. The molecular formula is C22H24N6O4S. The van der Waals surface area contributed by atoms with Crippen LogP contribution in [0.15, 0.2) is 59.8 Å². The first kappa shape index (κ1) is 22.6. The minimum absolute atomic E-state index is 0.104. The van der Waals surface area contributed by atoms with Gasteiger partial charge in [-0.3, -0.25) is 4.98 Å². The van der Waals surface area contributed by atoms with Crippen LogP contribution in [0.1, 0.15) is 18.5 Å². The van der Waals surface area contributed by atoms with Crippen LogP contribution in [-0.2, 0) is 15.6 Å². The van der Waals surface area contributed by atoms with E-state index in [9.17, 15) is 13.2 Å². The van der Waals surface area contributed by atoms with Crippen LogP contribution in [0.4, 0.5) is 16.3 Å². The van der Waals surface area contributed by atoms with Gasteiger partial charge in [0.15, 0.2) is 15.7 Å². The van der Waals surface area contributed by atoms with Crippen LogP contribution in [0.25, 0.3) is 11.4 Å². The van der Waals surface area contributed by atoms with E-state index < -0.39 is 9.84 Å². The maximum Gasteiger partial charge on any atom is 0.319 e. The first-order valence-corrected chi connectivity index (χ1v) is 12.1. The van der Waals surface area contributed by atoms with E-state index in [0.717, 1.165) is 12.8 Å². The second-order valence-corrected chi connectivity index (χ2v) is 9.60. The molecule has 4 rings (SSSR count). The predicted molar refractivity (Wildman–Crippen MR) is 123 cm³/mol. The Bertz CT molecular complexity index is 1220. The van der Waals surface area contributed by atoms with Crippen molar-refractivity contribution in [2.75, 3.05) is 23.8 Å². The van der Waals surface area contributed by atoms with Gasteiger partial charge in [-0.1, -0.05) is 0 Å². The molecule has 4 N–H and O–H groups in total. The summed E-state index contributed by atoms with van der Waals surface area (Å²) in [5.41, 5.74) is 1.58. The standard InChI is InChI=1S/C22H24N6O4S/c29-12-11-24-20-13-18(14-33(31,32)19-7-9-23-10-8-19)25-21(28-20)15-1-3-16(4-2-15)26-22(30)27-17-5-6-17/h1-4,7-10,13,17,29H,5-6,11-12,14H2,(H,24,25,28)(H2,26,27,30). The molecule has 10 nitrogen and oxygen atoms in total. The summed E-state index contributed by atoms with van der Waals surface area (Å²) >= 11 is 0. The SMILES string of the molecule is O=C(Nc1ccc(-c2nc(CS(=O)(=O)c3ccncc3)cc(NCCO)n2)cc1)NC1CC1. The van der Waals surface area contributed by atoms with Gasteiger partial charge >= 0.3 is 6.03 Å². The first-order chi connectivity index (χ1) is 15.9. The van der Waals surface area contributed by atoms with Gasteiger partial charge in [0, 0.05) is 42.3 Å². The first-order valence-electron chi connectivity index (χ1n) is 10.5. The minimum atomic E-state index is -3.64. The van der Waals surface area contributed by atoms with Gasteiger partial charge in [0.05, 0.1) is 22.9 Å². The van der Waals surface area contributed by atoms with E-state index in [1.54, 1.807) is 30.3 Å². The second kappa shape index (κ2) is 9.92. The Morgan fingerprint density at radius 2 is 1.79 bits per heavy atom. The van der Waals surface area contributed by atoms with E-state index in [1.165, 1.54) is 24.5 Å². The van der Waals surface area contributed by atoms with E-state index in [-0.39, 0.29) is 35.9 Å². The van der Waals surface area contributed by atoms with Crippen LogP contribution >= 0.6 is 0 Å². The zero-order valence-electron chi connectivity index (χ0n) is 17.7. The molecule has 1 aliphatic rings. The van der Waals surface area contributed by atoms with E-state index in [2.05, 4.69) is 30.9 Å². The lowest BCUT2D eigenvalue weighted by Gasteiger charge is -2.11. The number of hydrogen-bond acceptors (Lipinski definition) is 8. The van der Waals surface area contributed by atoms with Crippen molar-refractivity contribution in [2.24, 2.45) is 0 Å². The molecule has 0 radical (unpaired) electrons. The molecule has 11 heteroatoms. The molecule has 1 aromatic carbocycles. The number of carbonyl (C=O) groups is 1. The van der Waals surface area contributed by atoms with Crippen molar-refractivity contribution in [3.8, 4) is 11.4 Å². The lowest BCUT2D eigenvalue weighted by molar-refractivity contribution is 0.251. The van der Waals surface area contributed by atoms with Crippen molar-refractivity contribution >= 4 is 27.4 Å². The van der Waals surface area contributed by atoms with Crippen molar-refractivity contribution in [2.45, 2.75) is 29.5 Å². The summed E-state index contributed by atoms with van der Waals surface area (Å²) in [5.74, 6) is 0.410. The number of anilines is 2. The third-order valence-corrected chi connectivity index (χ3v) is 6.52. The smallest absolute Gasteiger partial charge is 0.319 e. The number of nitrogens with one attached hydrogen (secondary N) is 3. The number of nitrogens with zero attached hydrogens (tertiary/aromatic N) is 3.